The number of nitrogens with one attached hydrogen (secondary N) is 1. The van der Waals surface area contributed by atoms with E-state index in [0.29, 0.717) is 0 Å². The van der Waals surface area contributed by atoms with Crippen molar-refractivity contribution in [3.8, 4) is 0 Å². The van der Waals surface area contributed by atoms with Crippen molar-refractivity contribution >= 4 is 5.97 Å². The van der Waals surface area contributed by atoms with E-state index >= 15 is 0 Å². The maximum absolute atomic E-state index is 10.6. The first-order valence-corrected chi connectivity index (χ1v) is 6.14. The number of hydrogen-bond donors (Lipinski definition) is 2. The summed E-state index contributed by atoms with van der Waals surface area (Å²) < 4.78 is 0. The van der Waals surface area contributed by atoms with Gasteiger partial charge >= 0.3 is 5.97 Å². The summed E-state index contributed by atoms with van der Waals surface area (Å²) in [6, 6.07) is 13.4. The summed E-state index contributed by atoms with van der Waals surface area (Å²) in [7, 11) is 0. The minimum Gasteiger partial charge on any atom is -0.481 e. The van der Waals surface area contributed by atoms with Crippen LogP contribution in [0, 0.1) is 0 Å². The highest BCUT2D eigenvalue weighted by Crippen LogP contribution is 2.05. The van der Waals surface area contributed by atoms with Crippen LogP contribution in [0.5, 0.6) is 0 Å². The number of carboxylic acid groups (broad SMARTS) is 1. The molecule has 0 saturated carbocycles. The van der Waals surface area contributed by atoms with Crippen LogP contribution in [0.1, 0.15) is 16.8 Å². The van der Waals surface area contributed by atoms with E-state index in [1.165, 1.54) is 0 Å². The highest BCUT2D eigenvalue weighted by Gasteiger charge is 2.00. The zero-order valence-electron chi connectivity index (χ0n) is 10.5. The minimum atomic E-state index is -0.805. The van der Waals surface area contributed by atoms with Crippen LogP contribution in [0.15, 0.2) is 48.7 Å². The molecule has 2 rings (SSSR count). The Bertz CT molecular complexity index is 524. The molecule has 19 heavy (non-hydrogen) atoms. The van der Waals surface area contributed by atoms with E-state index in [4.69, 9.17) is 5.11 Å². The van der Waals surface area contributed by atoms with Crippen molar-refractivity contribution in [3.05, 3.63) is 65.5 Å². The molecule has 2 N–H and O–H groups in total. The molecule has 98 valence electrons. The van der Waals surface area contributed by atoms with Crippen molar-refractivity contribution in [2.24, 2.45) is 0 Å². The van der Waals surface area contributed by atoms with E-state index in [9.17, 15) is 4.79 Å². The highest BCUT2D eigenvalue weighted by molar-refractivity contribution is 5.70. The summed E-state index contributed by atoms with van der Waals surface area (Å²) in [4.78, 5) is 14.8. The van der Waals surface area contributed by atoms with Crippen molar-refractivity contribution in [1.29, 1.82) is 0 Å². The van der Waals surface area contributed by atoms with Gasteiger partial charge < -0.3 is 10.4 Å². The van der Waals surface area contributed by atoms with Crippen LogP contribution in [0.2, 0.25) is 0 Å². The predicted octanol–water partition coefficient (Wildman–Crippen LogP) is 2.00. The number of nitrogens with zero attached hydrogens (tertiary/aromatic N) is 1. The number of rotatable bonds is 6. The largest absolute Gasteiger partial charge is 0.481 e. The van der Waals surface area contributed by atoms with Gasteiger partial charge in [0.25, 0.3) is 0 Å². The lowest BCUT2D eigenvalue weighted by atomic mass is 10.1. The number of hydrogen-bond acceptors (Lipinski definition) is 3. The molecule has 2 aromatic rings. The second kappa shape index (κ2) is 6.66. The van der Waals surface area contributed by atoms with E-state index in [2.05, 4.69) is 10.3 Å². The Kier molecular flexibility index (Phi) is 4.64. The average molecular weight is 256 g/mol. The van der Waals surface area contributed by atoms with E-state index in [-0.39, 0.29) is 6.42 Å². The SMILES string of the molecule is O=C(O)Cc1ccc(CNCc2ccccn2)cc1. The first-order chi connectivity index (χ1) is 9.24. The van der Waals surface area contributed by atoms with Crippen LogP contribution < -0.4 is 5.32 Å². The van der Waals surface area contributed by atoms with Crippen molar-refractivity contribution in [3.63, 3.8) is 0 Å². The van der Waals surface area contributed by atoms with E-state index in [1.54, 1.807) is 6.20 Å². The van der Waals surface area contributed by atoms with Gasteiger partial charge in [0.15, 0.2) is 0 Å². The Morgan fingerprint density at radius 3 is 2.42 bits per heavy atom. The molecule has 0 radical (unpaired) electrons. The molecule has 0 amide bonds. The van der Waals surface area contributed by atoms with Crippen molar-refractivity contribution in [1.82, 2.24) is 10.3 Å². The fraction of sp³-hybridized carbons (Fsp3) is 0.200. The first-order valence-electron chi connectivity index (χ1n) is 6.14. The third-order valence-electron chi connectivity index (χ3n) is 2.74. The third kappa shape index (κ3) is 4.52. The lowest BCUT2D eigenvalue weighted by molar-refractivity contribution is -0.136. The molecule has 4 heteroatoms. The van der Waals surface area contributed by atoms with Gasteiger partial charge in [-0.25, -0.2) is 0 Å². The van der Waals surface area contributed by atoms with Crippen LogP contribution in [-0.2, 0) is 24.3 Å². The predicted molar refractivity (Wildman–Crippen MR) is 72.6 cm³/mol. The molecule has 1 aromatic heterocycles. The van der Waals surface area contributed by atoms with Gasteiger partial charge in [0, 0.05) is 19.3 Å². The quantitative estimate of drug-likeness (QED) is 0.829. The molecule has 1 heterocycles. The lowest BCUT2D eigenvalue weighted by Gasteiger charge is -2.05. The Balaban J connectivity index is 1.81. The Labute approximate surface area is 112 Å². The third-order valence-corrected chi connectivity index (χ3v) is 2.74. The number of aliphatic carboxylic acids is 1. The smallest absolute Gasteiger partial charge is 0.307 e. The molecule has 0 fully saturated rings. The summed E-state index contributed by atoms with van der Waals surface area (Å²) in [5.74, 6) is -0.805. The molecule has 0 aliphatic rings. The van der Waals surface area contributed by atoms with Gasteiger partial charge in [0.05, 0.1) is 12.1 Å². The van der Waals surface area contributed by atoms with Gasteiger partial charge in [0.1, 0.15) is 0 Å². The molecular formula is C15H16N2O2. The lowest BCUT2D eigenvalue weighted by Crippen LogP contribution is -2.13. The van der Waals surface area contributed by atoms with Crippen molar-refractivity contribution in [2.45, 2.75) is 19.5 Å². The molecule has 0 spiro atoms. The number of carboxylic acids is 1. The normalized spacial score (nSPS) is 10.3. The van der Waals surface area contributed by atoms with Gasteiger partial charge in [-0.2, -0.15) is 0 Å². The molecule has 0 unspecified atom stereocenters. The van der Waals surface area contributed by atoms with E-state index in [1.807, 2.05) is 42.5 Å². The van der Waals surface area contributed by atoms with Gasteiger partial charge in [0.2, 0.25) is 0 Å². The van der Waals surface area contributed by atoms with Crippen molar-refractivity contribution in [2.75, 3.05) is 0 Å². The molecule has 0 aliphatic carbocycles. The summed E-state index contributed by atoms with van der Waals surface area (Å²) in [6.07, 6.45) is 1.85. The van der Waals surface area contributed by atoms with E-state index in [0.717, 1.165) is 29.9 Å². The number of carbonyl (C=O) groups is 1. The number of aromatic nitrogens is 1. The zero-order chi connectivity index (χ0) is 13.5. The first kappa shape index (κ1) is 13.2. The second-order valence-corrected chi connectivity index (χ2v) is 4.31. The Morgan fingerprint density at radius 1 is 1.05 bits per heavy atom. The molecule has 0 atom stereocenters. The van der Waals surface area contributed by atoms with E-state index < -0.39 is 5.97 Å². The van der Waals surface area contributed by atoms with Crippen LogP contribution in [0.25, 0.3) is 0 Å². The summed E-state index contributed by atoms with van der Waals surface area (Å²) in [5.41, 5.74) is 2.95. The molecular weight excluding hydrogens is 240 g/mol. The van der Waals surface area contributed by atoms with Gasteiger partial charge in [-0.3, -0.25) is 9.78 Å². The fourth-order valence-corrected chi connectivity index (χ4v) is 1.79. The average Bonchev–Trinajstić information content (AvgIpc) is 2.41. The summed E-state index contributed by atoms with van der Waals surface area (Å²) >= 11 is 0. The number of benzene rings is 1. The van der Waals surface area contributed by atoms with Crippen LogP contribution in [-0.4, -0.2) is 16.1 Å². The Morgan fingerprint density at radius 2 is 1.79 bits per heavy atom. The molecule has 1 aromatic carbocycles. The van der Waals surface area contributed by atoms with Crippen molar-refractivity contribution < 1.29 is 9.90 Å². The van der Waals surface area contributed by atoms with Crippen LogP contribution in [0.3, 0.4) is 0 Å². The summed E-state index contributed by atoms with van der Waals surface area (Å²) in [5, 5.41) is 12.0. The topological polar surface area (TPSA) is 62.2 Å². The van der Waals surface area contributed by atoms with Gasteiger partial charge in [-0.15, -0.1) is 0 Å². The summed E-state index contributed by atoms with van der Waals surface area (Å²) in [6.45, 7) is 1.46. The van der Waals surface area contributed by atoms with Gasteiger partial charge in [-0.05, 0) is 23.3 Å². The highest BCUT2D eigenvalue weighted by atomic mass is 16.4. The maximum Gasteiger partial charge on any atom is 0.307 e. The fourth-order valence-electron chi connectivity index (χ4n) is 1.79. The molecule has 0 bridgehead atoms. The Hall–Kier alpha value is -2.20. The monoisotopic (exact) mass is 256 g/mol. The molecule has 0 saturated heterocycles. The number of pyridine rings is 1. The minimum absolute atomic E-state index is 0.0711. The standard InChI is InChI=1S/C15H16N2O2/c18-15(19)9-12-4-6-13(7-5-12)10-16-11-14-3-1-2-8-17-14/h1-8,16H,9-11H2,(H,18,19). The van der Waals surface area contributed by atoms with Crippen LogP contribution in [0.4, 0.5) is 0 Å². The maximum atomic E-state index is 10.6. The van der Waals surface area contributed by atoms with Gasteiger partial charge in [-0.1, -0.05) is 30.3 Å². The molecule has 4 nitrogen and oxygen atoms in total. The zero-order valence-corrected chi connectivity index (χ0v) is 10.5. The molecule has 0 aliphatic heterocycles. The second-order valence-electron chi connectivity index (χ2n) is 4.31. The van der Waals surface area contributed by atoms with Crippen LogP contribution >= 0.6 is 0 Å².